The zero-order valence-electron chi connectivity index (χ0n) is 10.9. The Morgan fingerprint density at radius 3 is 3.00 bits per heavy atom. The fraction of sp³-hybridized carbons (Fsp3) is 0.643. The van der Waals surface area contributed by atoms with E-state index in [0.717, 1.165) is 32.1 Å². The van der Waals surface area contributed by atoms with Crippen LogP contribution in [0, 0.1) is 11.7 Å². The largest absolute Gasteiger partial charge is 0.354 e. The Hall–Kier alpha value is -0.870. The second kappa shape index (κ2) is 5.63. The van der Waals surface area contributed by atoms with Gasteiger partial charge in [0.15, 0.2) is 11.6 Å². The number of piperidine rings is 1. The van der Waals surface area contributed by atoms with Gasteiger partial charge in [0.25, 0.3) is 0 Å². The lowest BCUT2D eigenvalue weighted by Gasteiger charge is -2.33. The zero-order chi connectivity index (χ0) is 13.2. The molecule has 3 rings (SSSR count). The molecule has 1 aliphatic carbocycles. The van der Waals surface area contributed by atoms with Gasteiger partial charge in [-0.25, -0.2) is 9.37 Å². The normalized spacial score (nSPS) is 23.7. The first-order chi connectivity index (χ1) is 9.22. The highest BCUT2D eigenvalue weighted by molar-refractivity contribution is 6.30. The van der Waals surface area contributed by atoms with Crippen LogP contribution >= 0.6 is 11.6 Å². The van der Waals surface area contributed by atoms with E-state index in [2.05, 4.69) is 15.2 Å². The molecule has 2 heterocycles. The van der Waals surface area contributed by atoms with Crippen LogP contribution in [0.15, 0.2) is 12.3 Å². The molecule has 1 aromatic rings. The molecule has 0 amide bonds. The van der Waals surface area contributed by atoms with Crippen molar-refractivity contribution in [2.45, 2.75) is 31.7 Å². The summed E-state index contributed by atoms with van der Waals surface area (Å²) in [7, 11) is 0. The molecule has 0 spiro atoms. The van der Waals surface area contributed by atoms with Crippen LogP contribution in [0.25, 0.3) is 0 Å². The number of pyridine rings is 1. The van der Waals surface area contributed by atoms with Crippen molar-refractivity contribution >= 4 is 17.4 Å². The van der Waals surface area contributed by atoms with Crippen LogP contribution in [0.4, 0.5) is 10.2 Å². The lowest BCUT2D eigenvalue weighted by atomic mass is 9.98. The van der Waals surface area contributed by atoms with Gasteiger partial charge in [0.05, 0.1) is 5.02 Å². The van der Waals surface area contributed by atoms with E-state index in [4.69, 9.17) is 11.6 Å². The van der Waals surface area contributed by atoms with Crippen LogP contribution < -0.4 is 10.2 Å². The third-order valence-electron chi connectivity index (χ3n) is 3.88. The molecular weight excluding hydrogens is 265 g/mol. The SMILES string of the molecule is Fc1cc(Cl)cnc1N1CCCC(CNC2CC2)C1. The molecule has 1 unspecified atom stereocenters. The van der Waals surface area contributed by atoms with Crippen LogP contribution in [0.5, 0.6) is 0 Å². The van der Waals surface area contributed by atoms with Crippen LogP contribution in [0.2, 0.25) is 5.02 Å². The topological polar surface area (TPSA) is 28.2 Å². The van der Waals surface area contributed by atoms with E-state index in [1.807, 2.05) is 0 Å². The summed E-state index contributed by atoms with van der Waals surface area (Å²) >= 11 is 5.75. The molecular formula is C14H19ClFN3. The predicted octanol–water partition coefficient (Wildman–Crippen LogP) is 2.84. The van der Waals surface area contributed by atoms with Crippen molar-refractivity contribution in [1.29, 1.82) is 0 Å². The molecule has 5 heteroatoms. The van der Waals surface area contributed by atoms with E-state index in [0.29, 0.717) is 16.8 Å². The van der Waals surface area contributed by atoms with Crippen molar-refractivity contribution in [2.24, 2.45) is 5.92 Å². The number of rotatable bonds is 4. The fourth-order valence-electron chi connectivity index (χ4n) is 2.68. The number of halogens is 2. The van der Waals surface area contributed by atoms with Crippen LogP contribution in [0.3, 0.4) is 0 Å². The number of hydrogen-bond donors (Lipinski definition) is 1. The van der Waals surface area contributed by atoms with Crippen molar-refractivity contribution in [1.82, 2.24) is 10.3 Å². The van der Waals surface area contributed by atoms with E-state index in [1.165, 1.54) is 31.5 Å². The lowest BCUT2D eigenvalue weighted by molar-refractivity contribution is 0.387. The van der Waals surface area contributed by atoms with E-state index in [1.54, 1.807) is 0 Å². The van der Waals surface area contributed by atoms with E-state index in [-0.39, 0.29) is 5.82 Å². The molecule has 19 heavy (non-hydrogen) atoms. The van der Waals surface area contributed by atoms with Gasteiger partial charge >= 0.3 is 0 Å². The summed E-state index contributed by atoms with van der Waals surface area (Å²) in [4.78, 5) is 6.19. The maximum Gasteiger partial charge on any atom is 0.167 e. The number of nitrogens with zero attached hydrogens (tertiary/aromatic N) is 2. The average molecular weight is 284 g/mol. The number of anilines is 1. The van der Waals surface area contributed by atoms with Gasteiger partial charge in [-0.1, -0.05) is 11.6 Å². The number of aromatic nitrogens is 1. The maximum absolute atomic E-state index is 13.9. The van der Waals surface area contributed by atoms with Crippen molar-refractivity contribution in [3.8, 4) is 0 Å². The first-order valence-corrected chi connectivity index (χ1v) is 7.39. The van der Waals surface area contributed by atoms with Gasteiger partial charge in [-0.05, 0) is 44.2 Å². The van der Waals surface area contributed by atoms with Gasteiger partial charge in [-0.2, -0.15) is 0 Å². The summed E-state index contributed by atoms with van der Waals surface area (Å²) < 4.78 is 13.9. The Morgan fingerprint density at radius 2 is 2.26 bits per heavy atom. The molecule has 0 aromatic carbocycles. The average Bonchev–Trinajstić information content (AvgIpc) is 3.21. The van der Waals surface area contributed by atoms with E-state index < -0.39 is 0 Å². The molecule has 1 atom stereocenters. The fourth-order valence-corrected chi connectivity index (χ4v) is 2.83. The minimum Gasteiger partial charge on any atom is -0.354 e. The first-order valence-electron chi connectivity index (χ1n) is 7.02. The Labute approximate surface area is 118 Å². The zero-order valence-corrected chi connectivity index (χ0v) is 11.7. The van der Waals surface area contributed by atoms with Gasteiger partial charge in [0.1, 0.15) is 0 Å². The maximum atomic E-state index is 13.9. The summed E-state index contributed by atoms with van der Waals surface area (Å²) in [6, 6.07) is 2.08. The molecule has 0 bridgehead atoms. The Morgan fingerprint density at radius 1 is 1.42 bits per heavy atom. The molecule has 3 nitrogen and oxygen atoms in total. The summed E-state index contributed by atoms with van der Waals surface area (Å²) in [6.45, 7) is 2.80. The third kappa shape index (κ3) is 3.37. The van der Waals surface area contributed by atoms with Crippen molar-refractivity contribution in [2.75, 3.05) is 24.5 Å². The van der Waals surface area contributed by atoms with Crippen LogP contribution in [-0.4, -0.2) is 30.7 Å². The Bertz CT molecular complexity index is 450. The van der Waals surface area contributed by atoms with E-state index >= 15 is 0 Å². The van der Waals surface area contributed by atoms with E-state index in [9.17, 15) is 4.39 Å². The minimum absolute atomic E-state index is 0.316. The molecule has 0 radical (unpaired) electrons. The Kier molecular flexibility index (Phi) is 3.89. The molecule has 1 aromatic heterocycles. The smallest absolute Gasteiger partial charge is 0.167 e. The highest BCUT2D eigenvalue weighted by atomic mass is 35.5. The molecule has 104 valence electrons. The van der Waals surface area contributed by atoms with Gasteiger partial charge in [0, 0.05) is 25.3 Å². The summed E-state index contributed by atoms with van der Waals surface area (Å²) in [6.07, 6.45) is 6.45. The molecule has 1 N–H and O–H groups in total. The predicted molar refractivity (Wildman–Crippen MR) is 75.2 cm³/mol. The quantitative estimate of drug-likeness (QED) is 0.921. The summed E-state index contributed by atoms with van der Waals surface area (Å²) in [5.41, 5.74) is 0. The molecule has 1 saturated heterocycles. The molecule has 2 aliphatic rings. The van der Waals surface area contributed by atoms with Gasteiger partial charge < -0.3 is 10.2 Å². The van der Waals surface area contributed by atoms with Crippen LogP contribution in [-0.2, 0) is 0 Å². The second-order valence-electron chi connectivity index (χ2n) is 5.60. The number of nitrogens with one attached hydrogen (secondary N) is 1. The van der Waals surface area contributed by atoms with Crippen molar-refractivity contribution in [3.63, 3.8) is 0 Å². The third-order valence-corrected chi connectivity index (χ3v) is 4.09. The summed E-state index contributed by atoms with van der Waals surface area (Å²) in [5.74, 6) is 0.718. The lowest BCUT2D eigenvalue weighted by Crippen LogP contribution is -2.40. The molecule has 1 aliphatic heterocycles. The second-order valence-corrected chi connectivity index (χ2v) is 6.03. The number of hydrogen-bond acceptors (Lipinski definition) is 3. The first kappa shape index (κ1) is 13.1. The van der Waals surface area contributed by atoms with Gasteiger partial charge in [-0.15, -0.1) is 0 Å². The highest BCUT2D eigenvalue weighted by Gasteiger charge is 2.26. The van der Waals surface area contributed by atoms with Gasteiger partial charge in [0.2, 0.25) is 0 Å². The van der Waals surface area contributed by atoms with Gasteiger partial charge in [-0.3, -0.25) is 0 Å². The minimum atomic E-state index is -0.316. The molecule has 2 fully saturated rings. The molecule has 1 saturated carbocycles. The standard InChI is InChI=1S/C14H19ClFN3/c15-11-6-13(16)14(18-8-11)19-5-1-2-10(9-19)7-17-12-3-4-12/h6,8,10,12,17H,1-5,7,9H2. The van der Waals surface area contributed by atoms with Crippen LogP contribution in [0.1, 0.15) is 25.7 Å². The van der Waals surface area contributed by atoms with Crippen molar-refractivity contribution in [3.05, 3.63) is 23.1 Å². The summed E-state index contributed by atoms with van der Waals surface area (Å²) in [5, 5.41) is 3.91. The van der Waals surface area contributed by atoms with Crippen molar-refractivity contribution < 1.29 is 4.39 Å². The Balaban J connectivity index is 1.62. The highest BCUT2D eigenvalue weighted by Crippen LogP contribution is 2.26. The monoisotopic (exact) mass is 283 g/mol.